The van der Waals surface area contributed by atoms with E-state index in [2.05, 4.69) is 19.9 Å². The van der Waals surface area contributed by atoms with Gasteiger partial charge in [-0.3, -0.25) is 4.98 Å². The van der Waals surface area contributed by atoms with Crippen LogP contribution in [0.3, 0.4) is 0 Å². The number of aryl methyl sites for hydroxylation is 2. The molecule has 2 aromatic heterocycles. The van der Waals surface area contributed by atoms with Crippen LogP contribution in [0, 0.1) is 25.5 Å². The second-order valence-corrected chi connectivity index (χ2v) is 7.67. The Labute approximate surface area is 169 Å². The first kappa shape index (κ1) is 19.4. The summed E-state index contributed by atoms with van der Waals surface area (Å²) in [6.07, 6.45) is 4.06. The van der Waals surface area contributed by atoms with Crippen LogP contribution in [0.2, 0.25) is 0 Å². The average Bonchev–Trinajstić information content (AvgIpc) is 2.71. The summed E-state index contributed by atoms with van der Waals surface area (Å²) < 4.78 is 27.8. The number of piperidine rings is 1. The number of anilines is 1. The van der Waals surface area contributed by atoms with Crippen molar-refractivity contribution in [1.82, 2.24) is 15.0 Å². The molecule has 150 valence electrons. The molecule has 1 fully saturated rings. The summed E-state index contributed by atoms with van der Waals surface area (Å²) in [6, 6.07) is 9.88. The lowest BCUT2D eigenvalue weighted by Crippen LogP contribution is -2.35. The van der Waals surface area contributed by atoms with Crippen LogP contribution in [0.25, 0.3) is 0 Å². The van der Waals surface area contributed by atoms with Crippen molar-refractivity contribution in [3.05, 3.63) is 82.6 Å². The van der Waals surface area contributed by atoms with E-state index in [1.165, 1.54) is 18.2 Å². The van der Waals surface area contributed by atoms with Crippen LogP contribution in [-0.2, 0) is 6.42 Å². The van der Waals surface area contributed by atoms with Gasteiger partial charge in [-0.15, -0.1) is 0 Å². The zero-order chi connectivity index (χ0) is 20.4. The molecule has 1 saturated heterocycles. The van der Waals surface area contributed by atoms with Gasteiger partial charge >= 0.3 is 0 Å². The molecule has 4 rings (SSSR count). The molecule has 0 unspecified atom stereocenters. The highest BCUT2D eigenvalue weighted by Crippen LogP contribution is 2.29. The maximum atomic E-state index is 13.9. The molecule has 1 atom stereocenters. The van der Waals surface area contributed by atoms with Gasteiger partial charge in [0.25, 0.3) is 0 Å². The number of aromatic nitrogens is 3. The Morgan fingerprint density at radius 3 is 2.55 bits per heavy atom. The number of nitrogens with zero attached hydrogens (tertiary/aromatic N) is 4. The lowest BCUT2D eigenvalue weighted by atomic mass is 9.93. The Hall–Kier alpha value is -2.89. The summed E-state index contributed by atoms with van der Waals surface area (Å²) >= 11 is 0. The summed E-state index contributed by atoms with van der Waals surface area (Å²) in [5, 5.41) is 0. The number of pyridine rings is 1. The van der Waals surface area contributed by atoms with E-state index < -0.39 is 11.6 Å². The third-order valence-corrected chi connectivity index (χ3v) is 5.41. The first-order valence-electron chi connectivity index (χ1n) is 9.94. The second kappa shape index (κ2) is 8.23. The second-order valence-electron chi connectivity index (χ2n) is 7.67. The van der Waals surface area contributed by atoms with Gasteiger partial charge in [-0.05, 0) is 50.5 Å². The predicted molar refractivity (Wildman–Crippen MR) is 109 cm³/mol. The normalized spacial score (nSPS) is 16.8. The molecule has 1 aromatic carbocycles. The summed E-state index contributed by atoms with van der Waals surface area (Å²) in [5.41, 5.74) is 2.86. The molecule has 3 aromatic rings. The van der Waals surface area contributed by atoms with Crippen molar-refractivity contribution in [1.29, 1.82) is 0 Å². The Bertz CT molecular complexity index is 964. The zero-order valence-corrected chi connectivity index (χ0v) is 16.7. The number of rotatable bonds is 4. The van der Waals surface area contributed by atoms with Crippen molar-refractivity contribution in [2.75, 3.05) is 18.0 Å². The fraction of sp³-hybridized carbons (Fsp3) is 0.348. The van der Waals surface area contributed by atoms with Crippen molar-refractivity contribution >= 4 is 5.82 Å². The van der Waals surface area contributed by atoms with Gasteiger partial charge in [-0.1, -0.05) is 12.1 Å². The zero-order valence-electron chi connectivity index (χ0n) is 16.7. The molecule has 0 bridgehead atoms. The molecule has 0 saturated carbocycles. The van der Waals surface area contributed by atoms with Gasteiger partial charge in [0.05, 0.1) is 0 Å². The lowest BCUT2D eigenvalue weighted by molar-refractivity contribution is 0.498. The van der Waals surface area contributed by atoms with Gasteiger partial charge in [0, 0.05) is 54.6 Å². The molecule has 1 aliphatic heterocycles. The van der Waals surface area contributed by atoms with Crippen molar-refractivity contribution in [2.45, 2.75) is 39.0 Å². The van der Waals surface area contributed by atoms with Gasteiger partial charge < -0.3 is 4.90 Å². The minimum absolute atomic E-state index is 0.0837. The van der Waals surface area contributed by atoms with E-state index in [4.69, 9.17) is 0 Å². The molecule has 0 aliphatic carbocycles. The topological polar surface area (TPSA) is 41.9 Å². The first-order valence-corrected chi connectivity index (χ1v) is 9.94. The number of hydrogen-bond donors (Lipinski definition) is 0. The third kappa shape index (κ3) is 4.42. The Morgan fingerprint density at radius 2 is 1.86 bits per heavy atom. The van der Waals surface area contributed by atoms with Gasteiger partial charge in [0.2, 0.25) is 0 Å². The highest BCUT2D eigenvalue weighted by atomic mass is 19.1. The molecule has 1 aliphatic rings. The minimum atomic E-state index is -0.521. The molecule has 6 heteroatoms. The van der Waals surface area contributed by atoms with E-state index in [9.17, 15) is 8.78 Å². The highest BCUT2D eigenvalue weighted by Gasteiger charge is 2.23. The summed E-state index contributed by atoms with van der Waals surface area (Å²) in [5.74, 6) is 1.01. The van der Waals surface area contributed by atoms with Crippen molar-refractivity contribution in [2.24, 2.45) is 0 Å². The van der Waals surface area contributed by atoms with Crippen LogP contribution in [0.4, 0.5) is 14.6 Å². The molecule has 0 spiro atoms. The lowest BCUT2D eigenvalue weighted by Gasteiger charge is -2.33. The third-order valence-electron chi connectivity index (χ3n) is 5.41. The van der Waals surface area contributed by atoms with Crippen molar-refractivity contribution in [3.63, 3.8) is 0 Å². The molecule has 0 radical (unpaired) electrons. The van der Waals surface area contributed by atoms with Crippen LogP contribution in [-0.4, -0.2) is 28.0 Å². The Kier molecular flexibility index (Phi) is 5.51. The van der Waals surface area contributed by atoms with Crippen LogP contribution >= 0.6 is 0 Å². The highest BCUT2D eigenvalue weighted by molar-refractivity contribution is 5.41. The standard InChI is InChI=1S/C23H24F2N4/c1-15-11-23(28-16(2)27-15)29-10-4-5-18(14-29)22-9-8-17(13-26-22)12-19-20(24)6-3-7-21(19)25/h3,6-9,11,13,18H,4-5,10,12,14H2,1-2H3/t18-/m0/s1. The maximum absolute atomic E-state index is 13.9. The van der Waals surface area contributed by atoms with Crippen LogP contribution in [0.15, 0.2) is 42.6 Å². The van der Waals surface area contributed by atoms with Gasteiger partial charge in [-0.2, -0.15) is 0 Å². The van der Waals surface area contributed by atoms with E-state index in [1.54, 1.807) is 6.20 Å². The molecule has 4 nitrogen and oxygen atoms in total. The van der Waals surface area contributed by atoms with Crippen molar-refractivity contribution in [3.8, 4) is 0 Å². The van der Waals surface area contributed by atoms with E-state index in [0.717, 1.165) is 54.5 Å². The minimum Gasteiger partial charge on any atom is -0.356 e. The molecule has 0 N–H and O–H groups in total. The summed E-state index contributed by atoms with van der Waals surface area (Å²) in [6.45, 7) is 5.72. The van der Waals surface area contributed by atoms with Crippen LogP contribution in [0.1, 0.15) is 47.1 Å². The molecular weight excluding hydrogens is 370 g/mol. The quantitative estimate of drug-likeness (QED) is 0.641. The fourth-order valence-electron chi connectivity index (χ4n) is 3.97. The van der Waals surface area contributed by atoms with E-state index in [-0.39, 0.29) is 12.0 Å². The van der Waals surface area contributed by atoms with Gasteiger partial charge in [0.1, 0.15) is 23.3 Å². The average molecular weight is 394 g/mol. The number of halogens is 2. The van der Waals surface area contributed by atoms with Crippen LogP contribution < -0.4 is 4.90 Å². The molecule has 3 heterocycles. The van der Waals surface area contributed by atoms with E-state index in [1.807, 2.05) is 32.0 Å². The van der Waals surface area contributed by atoms with Gasteiger partial charge in [-0.25, -0.2) is 18.7 Å². The van der Waals surface area contributed by atoms with Crippen LogP contribution in [0.5, 0.6) is 0 Å². The van der Waals surface area contributed by atoms with Gasteiger partial charge in [0.15, 0.2) is 0 Å². The summed E-state index contributed by atoms with van der Waals surface area (Å²) in [4.78, 5) is 15.9. The van der Waals surface area contributed by atoms with E-state index >= 15 is 0 Å². The molecule has 29 heavy (non-hydrogen) atoms. The first-order chi connectivity index (χ1) is 14.0. The number of hydrogen-bond acceptors (Lipinski definition) is 4. The molecule has 0 amide bonds. The number of benzene rings is 1. The summed E-state index contributed by atoms with van der Waals surface area (Å²) in [7, 11) is 0. The fourth-order valence-corrected chi connectivity index (χ4v) is 3.97. The predicted octanol–water partition coefficient (Wildman–Crippen LogP) is 4.74. The van der Waals surface area contributed by atoms with E-state index in [0.29, 0.717) is 5.92 Å². The Balaban J connectivity index is 1.48. The largest absolute Gasteiger partial charge is 0.356 e. The van der Waals surface area contributed by atoms with Crippen molar-refractivity contribution < 1.29 is 8.78 Å². The smallest absolute Gasteiger partial charge is 0.132 e. The SMILES string of the molecule is Cc1cc(N2CCC[C@H](c3ccc(Cc4c(F)cccc4F)cn3)C2)nc(C)n1. The monoisotopic (exact) mass is 394 g/mol. The molecular formula is C23H24F2N4. The maximum Gasteiger partial charge on any atom is 0.132 e. The Morgan fingerprint density at radius 1 is 1.07 bits per heavy atom.